The number of fused-ring (bicyclic) bond motifs is 2. The van der Waals surface area contributed by atoms with Crippen molar-refractivity contribution in [3.05, 3.63) is 88.4 Å². The first-order valence-electron chi connectivity index (χ1n) is 12.2. The lowest BCUT2D eigenvalue weighted by molar-refractivity contribution is 0.0938. The highest BCUT2D eigenvalue weighted by Gasteiger charge is 2.32. The molecule has 0 bridgehead atoms. The van der Waals surface area contributed by atoms with E-state index in [2.05, 4.69) is 17.1 Å². The van der Waals surface area contributed by atoms with Crippen LogP contribution in [0.15, 0.2) is 76.5 Å². The smallest absolute Gasteiger partial charge is 0.259 e. The van der Waals surface area contributed by atoms with Crippen LogP contribution in [0, 0.1) is 0 Å². The molecule has 2 heterocycles. The van der Waals surface area contributed by atoms with Gasteiger partial charge in [0.1, 0.15) is 0 Å². The lowest BCUT2D eigenvalue weighted by Crippen LogP contribution is -2.40. The third-order valence-electron chi connectivity index (χ3n) is 6.91. The molecule has 186 valence electrons. The highest BCUT2D eigenvalue weighted by Crippen LogP contribution is 2.36. The number of nitrogens with one attached hydrogen (secondary N) is 1. The average molecular weight is 522 g/mol. The van der Waals surface area contributed by atoms with Gasteiger partial charge in [0.15, 0.2) is 0 Å². The van der Waals surface area contributed by atoms with Gasteiger partial charge in [0.2, 0.25) is 0 Å². The van der Waals surface area contributed by atoms with E-state index in [1.807, 2.05) is 12.1 Å². The molecule has 3 aromatic carbocycles. The van der Waals surface area contributed by atoms with E-state index in [9.17, 15) is 13.8 Å². The Kier molecular flexibility index (Phi) is 7.23. The van der Waals surface area contributed by atoms with Crippen LogP contribution in [0.1, 0.15) is 46.0 Å². The second kappa shape index (κ2) is 10.5. The summed E-state index contributed by atoms with van der Waals surface area (Å²) in [5.74, 6) is -0.469. The molecular formula is C28H28ClN3O3S. The van der Waals surface area contributed by atoms with Crippen molar-refractivity contribution in [3.63, 3.8) is 0 Å². The van der Waals surface area contributed by atoms with E-state index in [0.29, 0.717) is 44.2 Å². The van der Waals surface area contributed by atoms with Crippen molar-refractivity contribution in [2.75, 3.05) is 24.5 Å². The fraction of sp³-hybridized carbons (Fsp3) is 0.286. The zero-order valence-electron chi connectivity index (χ0n) is 20.1. The first kappa shape index (κ1) is 24.7. The first-order valence-corrected chi connectivity index (χ1v) is 13.7. The number of carbonyl (C=O) groups excluding carboxylic acids is 2. The molecular weight excluding hydrogens is 494 g/mol. The molecule has 2 aliphatic heterocycles. The van der Waals surface area contributed by atoms with Gasteiger partial charge < -0.3 is 10.2 Å². The molecule has 2 aliphatic rings. The number of nitrogens with zero attached hydrogens (tertiary/aromatic N) is 2. The molecule has 36 heavy (non-hydrogen) atoms. The second-order valence-electron chi connectivity index (χ2n) is 9.10. The van der Waals surface area contributed by atoms with Crippen LogP contribution in [0.5, 0.6) is 0 Å². The maximum absolute atomic E-state index is 13.7. The van der Waals surface area contributed by atoms with Crippen LogP contribution in [0.25, 0.3) is 0 Å². The highest BCUT2D eigenvalue weighted by atomic mass is 35.5. The summed E-state index contributed by atoms with van der Waals surface area (Å²) < 4.78 is 13.6. The van der Waals surface area contributed by atoms with E-state index < -0.39 is 10.8 Å². The molecule has 0 unspecified atom stereocenters. The number of likely N-dealkylation sites (tertiary alicyclic amines) is 1. The molecule has 0 spiro atoms. The number of halogens is 1. The lowest BCUT2D eigenvalue weighted by Gasteiger charge is -2.24. The zero-order valence-corrected chi connectivity index (χ0v) is 21.6. The third-order valence-corrected chi connectivity index (χ3v) is 8.64. The summed E-state index contributed by atoms with van der Waals surface area (Å²) in [6, 6.07) is 19.7. The molecule has 0 aromatic heterocycles. The summed E-state index contributed by atoms with van der Waals surface area (Å²) >= 11 is 6.20. The van der Waals surface area contributed by atoms with Crippen molar-refractivity contribution >= 4 is 39.9 Å². The number of amides is 2. The number of hydrogen-bond acceptors (Lipinski definition) is 4. The molecule has 5 rings (SSSR count). The van der Waals surface area contributed by atoms with Gasteiger partial charge in [-0.2, -0.15) is 0 Å². The van der Waals surface area contributed by atoms with Gasteiger partial charge in [-0.05, 0) is 74.0 Å². The fourth-order valence-corrected chi connectivity index (χ4v) is 6.59. The number of benzene rings is 3. The Hall–Kier alpha value is -3.00. The van der Waals surface area contributed by atoms with Crippen LogP contribution in [-0.4, -0.2) is 46.6 Å². The molecule has 1 saturated heterocycles. The summed E-state index contributed by atoms with van der Waals surface area (Å²) in [6.07, 6.45) is 2.21. The fourth-order valence-electron chi connectivity index (χ4n) is 5.03. The van der Waals surface area contributed by atoms with E-state index in [1.165, 1.54) is 0 Å². The van der Waals surface area contributed by atoms with Gasteiger partial charge in [0.05, 0.1) is 38.4 Å². The molecule has 0 saturated carbocycles. The molecule has 0 radical (unpaired) electrons. The van der Waals surface area contributed by atoms with Gasteiger partial charge in [-0.3, -0.25) is 14.5 Å². The molecule has 3 aromatic rings. The van der Waals surface area contributed by atoms with Gasteiger partial charge in [0, 0.05) is 23.2 Å². The quantitative estimate of drug-likeness (QED) is 0.502. The Bertz CT molecular complexity index is 1350. The maximum Gasteiger partial charge on any atom is 0.259 e. The minimum absolute atomic E-state index is 0.205. The van der Waals surface area contributed by atoms with Crippen molar-refractivity contribution in [1.29, 1.82) is 0 Å². The van der Waals surface area contributed by atoms with Crippen LogP contribution in [-0.2, 0) is 17.3 Å². The van der Waals surface area contributed by atoms with Crippen molar-refractivity contribution in [1.82, 2.24) is 10.2 Å². The number of likely N-dealkylation sites (N-methyl/N-ethyl adjacent to an activating group) is 1. The molecule has 1 fully saturated rings. The Labute approximate surface area is 218 Å². The molecule has 2 atom stereocenters. The van der Waals surface area contributed by atoms with Gasteiger partial charge in [0.25, 0.3) is 11.8 Å². The molecule has 8 heteroatoms. The monoisotopic (exact) mass is 521 g/mol. The maximum atomic E-state index is 13.7. The van der Waals surface area contributed by atoms with E-state index >= 15 is 0 Å². The summed E-state index contributed by atoms with van der Waals surface area (Å²) in [4.78, 5) is 31.8. The topological polar surface area (TPSA) is 69.7 Å². The normalized spacial score (nSPS) is 19.5. The summed E-state index contributed by atoms with van der Waals surface area (Å²) in [6.45, 7) is 4.97. The Morgan fingerprint density at radius 1 is 1.08 bits per heavy atom. The predicted octanol–water partition coefficient (Wildman–Crippen LogP) is 4.88. The Balaban J connectivity index is 1.50. The molecule has 1 N–H and O–H groups in total. The second-order valence-corrected chi connectivity index (χ2v) is 11.0. The van der Waals surface area contributed by atoms with Crippen LogP contribution in [0.3, 0.4) is 0 Å². The van der Waals surface area contributed by atoms with E-state index in [4.69, 9.17) is 11.6 Å². The SMILES string of the molecule is CCN1CCC[C@H]1CNC(=O)c1ccc2c(c1)N(Cc1cccc(Cl)c1)C(=O)c1ccccc1[S@@]2=O. The Morgan fingerprint density at radius 2 is 1.92 bits per heavy atom. The van der Waals surface area contributed by atoms with Crippen LogP contribution < -0.4 is 10.2 Å². The summed E-state index contributed by atoms with van der Waals surface area (Å²) in [5.41, 5.74) is 2.13. The minimum Gasteiger partial charge on any atom is -0.350 e. The van der Waals surface area contributed by atoms with Crippen LogP contribution in [0.4, 0.5) is 5.69 Å². The zero-order chi connectivity index (χ0) is 25.2. The van der Waals surface area contributed by atoms with E-state index in [-0.39, 0.29) is 18.4 Å². The molecule has 2 amide bonds. The molecule has 6 nitrogen and oxygen atoms in total. The van der Waals surface area contributed by atoms with Crippen LogP contribution in [0.2, 0.25) is 5.02 Å². The van der Waals surface area contributed by atoms with Crippen LogP contribution >= 0.6 is 11.6 Å². The Morgan fingerprint density at radius 3 is 2.72 bits per heavy atom. The third kappa shape index (κ3) is 4.83. The summed E-state index contributed by atoms with van der Waals surface area (Å²) in [5, 5.41) is 3.63. The number of hydrogen-bond donors (Lipinski definition) is 1. The van der Waals surface area contributed by atoms with Gasteiger partial charge in [-0.25, -0.2) is 4.21 Å². The lowest BCUT2D eigenvalue weighted by atomic mass is 10.1. The summed E-state index contributed by atoms with van der Waals surface area (Å²) in [7, 11) is -1.57. The minimum atomic E-state index is -1.57. The van der Waals surface area contributed by atoms with Crippen molar-refractivity contribution in [3.8, 4) is 0 Å². The van der Waals surface area contributed by atoms with Gasteiger partial charge in [-0.15, -0.1) is 0 Å². The standard InChI is InChI=1S/C28H28ClN3O3S/c1-2-31-14-6-9-22(31)17-30-27(33)20-12-13-26-24(16-20)32(18-19-7-5-8-21(29)15-19)28(34)23-10-3-4-11-25(23)36(26)35/h3-5,7-8,10-13,15-16,22H,2,6,9,14,17-18H2,1H3,(H,30,33)/t22-,36-/m0/s1. The van der Waals surface area contributed by atoms with Crippen molar-refractivity contribution in [2.24, 2.45) is 0 Å². The average Bonchev–Trinajstić information content (AvgIpc) is 3.34. The number of carbonyl (C=O) groups is 2. The first-order chi connectivity index (χ1) is 17.5. The highest BCUT2D eigenvalue weighted by molar-refractivity contribution is 7.85. The predicted molar refractivity (Wildman–Crippen MR) is 142 cm³/mol. The molecule has 0 aliphatic carbocycles. The van der Waals surface area contributed by atoms with Gasteiger partial charge >= 0.3 is 0 Å². The van der Waals surface area contributed by atoms with Crippen molar-refractivity contribution < 1.29 is 13.8 Å². The van der Waals surface area contributed by atoms with E-state index in [1.54, 1.807) is 59.5 Å². The van der Waals surface area contributed by atoms with E-state index in [0.717, 1.165) is 31.5 Å². The number of rotatable bonds is 6. The van der Waals surface area contributed by atoms with Gasteiger partial charge in [-0.1, -0.05) is 42.8 Å². The number of anilines is 1. The van der Waals surface area contributed by atoms with Crippen molar-refractivity contribution in [2.45, 2.75) is 42.1 Å². The largest absolute Gasteiger partial charge is 0.350 e.